The smallest absolute Gasteiger partial charge is 0.346 e. The van der Waals surface area contributed by atoms with E-state index in [2.05, 4.69) is 9.47 Å². The van der Waals surface area contributed by atoms with Gasteiger partial charge in [-0.3, -0.25) is 4.79 Å². The number of ether oxygens (including phenoxy) is 2. The molecule has 1 amide bonds. The third kappa shape index (κ3) is 3.13. The third-order valence-electron chi connectivity index (χ3n) is 1.47. The van der Waals surface area contributed by atoms with E-state index in [1.54, 1.807) is 5.32 Å². The second-order valence-electron chi connectivity index (χ2n) is 2.64. The van der Waals surface area contributed by atoms with Crippen molar-refractivity contribution in [3.05, 3.63) is 0 Å². The number of alkyl halides is 3. The van der Waals surface area contributed by atoms with Crippen LogP contribution in [-0.2, 0) is 14.3 Å². The summed E-state index contributed by atoms with van der Waals surface area (Å²) >= 11 is 0. The van der Waals surface area contributed by atoms with E-state index in [0.717, 1.165) is 0 Å². The number of halogens is 3. The van der Waals surface area contributed by atoms with Gasteiger partial charge in [-0.2, -0.15) is 13.2 Å². The molecule has 0 unspecified atom stereocenters. The van der Waals surface area contributed by atoms with Crippen molar-refractivity contribution in [2.24, 2.45) is 0 Å². The Balaban J connectivity index is 2.35. The molecular formula is C6H8F3NO4. The summed E-state index contributed by atoms with van der Waals surface area (Å²) in [6, 6.07) is -0.896. The highest BCUT2D eigenvalue weighted by Crippen LogP contribution is 2.15. The maximum atomic E-state index is 11.7. The molecule has 1 rings (SSSR count). The summed E-state index contributed by atoms with van der Waals surface area (Å²) in [7, 11) is 0. The van der Waals surface area contributed by atoms with Crippen molar-refractivity contribution < 1.29 is 32.5 Å². The summed E-state index contributed by atoms with van der Waals surface area (Å²) < 4.78 is 44.1. The molecule has 1 saturated heterocycles. The van der Waals surface area contributed by atoms with Crippen LogP contribution in [0.1, 0.15) is 0 Å². The number of carbonyl (C=O) groups is 1. The van der Waals surface area contributed by atoms with Gasteiger partial charge in [0.1, 0.15) is 0 Å². The van der Waals surface area contributed by atoms with Gasteiger partial charge in [-0.1, -0.05) is 0 Å². The van der Waals surface area contributed by atoms with Gasteiger partial charge in [0.05, 0.1) is 19.3 Å². The highest BCUT2D eigenvalue weighted by molar-refractivity contribution is 5.81. The van der Waals surface area contributed by atoms with Crippen molar-refractivity contribution in [2.75, 3.05) is 13.2 Å². The summed E-state index contributed by atoms with van der Waals surface area (Å²) in [6.07, 6.45) is -4.92. The van der Waals surface area contributed by atoms with Crippen molar-refractivity contribution in [1.82, 2.24) is 5.32 Å². The highest BCUT2D eigenvalue weighted by atomic mass is 19.4. The van der Waals surface area contributed by atoms with E-state index in [4.69, 9.17) is 5.11 Å². The van der Waals surface area contributed by atoms with E-state index in [9.17, 15) is 18.0 Å². The fourth-order valence-electron chi connectivity index (χ4n) is 0.844. The number of carbonyl (C=O) groups excluding carboxylic acids is 1. The van der Waals surface area contributed by atoms with E-state index < -0.39 is 24.6 Å². The van der Waals surface area contributed by atoms with Crippen molar-refractivity contribution in [2.45, 2.75) is 18.7 Å². The first-order valence-electron chi connectivity index (χ1n) is 3.68. The van der Waals surface area contributed by atoms with Crippen LogP contribution in [0.5, 0.6) is 0 Å². The Kier molecular flexibility index (Phi) is 3.29. The molecule has 0 atom stereocenters. The van der Waals surface area contributed by atoms with Gasteiger partial charge >= 0.3 is 12.1 Å². The van der Waals surface area contributed by atoms with Crippen LogP contribution in [0.15, 0.2) is 0 Å². The molecule has 5 nitrogen and oxygen atoms in total. The van der Waals surface area contributed by atoms with Crippen LogP contribution in [0, 0.1) is 0 Å². The molecule has 0 aromatic heterocycles. The van der Waals surface area contributed by atoms with Crippen LogP contribution >= 0.6 is 0 Å². The topological polar surface area (TPSA) is 67.8 Å². The Morgan fingerprint density at radius 3 is 2.29 bits per heavy atom. The van der Waals surface area contributed by atoms with Gasteiger partial charge in [0.15, 0.2) is 0 Å². The second-order valence-corrected chi connectivity index (χ2v) is 2.64. The molecule has 14 heavy (non-hydrogen) atoms. The standard InChI is InChI=1S/C6H8F3NO4/c7-6(8,9)4(11)10-3-1-13-5(12)14-2-3/h3,5,12H,1-2H2,(H,10,11). The Morgan fingerprint density at radius 2 is 1.86 bits per heavy atom. The molecular weight excluding hydrogens is 207 g/mol. The molecule has 0 spiro atoms. The van der Waals surface area contributed by atoms with Crippen LogP contribution in [0.4, 0.5) is 13.2 Å². The van der Waals surface area contributed by atoms with E-state index in [1.807, 2.05) is 0 Å². The first kappa shape index (κ1) is 11.2. The molecule has 82 valence electrons. The molecule has 0 radical (unpaired) electrons. The molecule has 0 bridgehead atoms. The molecule has 1 aliphatic rings. The molecule has 1 aliphatic heterocycles. The van der Waals surface area contributed by atoms with E-state index in [-0.39, 0.29) is 13.2 Å². The van der Waals surface area contributed by atoms with Crippen molar-refractivity contribution >= 4 is 5.91 Å². The van der Waals surface area contributed by atoms with Crippen LogP contribution in [0.25, 0.3) is 0 Å². The predicted molar refractivity (Wildman–Crippen MR) is 35.9 cm³/mol. The lowest BCUT2D eigenvalue weighted by molar-refractivity contribution is -0.294. The fourth-order valence-corrected chi connectivity index (χ4v) is 0.844. The van der Waals surface area contributed by atoms with Gasteiger partial charge in [0.25, 0.3) is 6.48 Å². The zero-order valence-electron chi connectivity index (χ0n) is 6.87. The summed E-state index contributed by atoms with van der Waals surface area (Å²) in [5.41, 5.74) is 0. The lowest BCUT2D eigenvalue weighted by atomic mass is 10.3. The van der Waals surface area contributed by atoms with E-state index >= 15 is 0 Å². The summed E-state index contributed by atoms with van der Waals surface area (Å²) in [5, 5.41) is 10.3. The average Bonchev–Trinajstić information content (AvgIpc) is 2.07. The Morgan fingerprint density at radius 1 is 1.36 bits per heavy atom. The maximum Gasteiger partial charge on any atom is 0.471 e. The van der Waals surface area contributed by atoms with Gasteiger partial charge < -0.3 is 19.9 Å². The molecule has 1 fully saturated rings. The molecule has 0 aromatic rings. The lowest BCUT2D eigenvalue weighted by Crippen LogP contribution is -2.50. The number of amides is 1. The summed E-state index contributed by atoms with van der Waals surface area (Å²) in [5.74, 6) is -2.05. The normalized spacial score (nSPS) is 28.6. The monoisotopic (exact) mass is 215 g/mol. The molecule has 0 aliphatic carbocycles. The Hall–Kier alpha value is -0.860. The van der Waals surface area contributed by atoms with Crippen LogP contribution < -0.4 is 5.32 Å². The fraction of sp³-hybridized carbons (Fsp3) is 0.833. The minimum atomic E-state index is -4.92. The molecule has 2 N–H and O–H groups in total. The number of nitrogens with one attached hydrogen (secondary N) is 1. The van der Waals surface area contributed by atoms with E-state index in [1.165, 1.54) is 0 Å². The van der Waals surface area contributed by atoms with Crippen LogP contribution in [-0.4, -0.2) is 42.9 Å². The van der Waals surface area contributed by atoms with Gasteiger partial charge in [-0.15, -0.1) is 0 Å². The van der Waals surface area contributed by atoms with Gasteiger partial charge in [-0.25, -0.2) is 0 Å². The Labute approximate surface area is 76.8 Å². The molecule has 1 heterocycles. The molecule has 8 heteroatoms. The summed E-state index contributed by atoms with van der Waals surface area (Å²) in [6.45, 7) is -1.87. The number of hydrogen-bond donors (Lipinski definition) is 2. The van der Waals surface area contributed by atoms with E-state index in [0.29, 0.717) is 0 Å². The van der Waals surface area contributed by atoms with Crippen molar-refractivity contribution in [3.63, 3.8) is 0 Å². The number of aliphatic hydroxyl groups is 1. The van der Waals surface area contributed by atoms with Gasteiger partial charge in [-0.05, 0) is 0 Å². The van der Waals surface area contributed by atoms with Crippen LogP contribution in [0.3, 0.4) is 0 Å². The Bertz CT molecular complexity index is 212. The van der Waals surface area contributed by atoms with Crippen LogP contribution in [0.2, 0.25) is 0 Å². The van der Waals surface area contributed by atoms with Crippen molar-refractivity contribution in [3.8, 4) is 0 Å². The largest absolute Gasteiger partial charge is 0.471 e. The number of aliphatic hydroxyl groups excluding tert-OH is 1. The predicted octanol–water partition coefficient (Wildman–Crippen LogP) is -0.644. The maximum absolute atomic E-state index is 11.7. The second kappa shape index (κ2) is 4.11. The van der Waals surface area contributed by atoms with Gasteiger partial charge in [0.2, 0.25) is 0 Å². The minimum absolute atomic E-state index is 0.219. The quantitative estimate of drug-likeness (QED) is 0.610. The van der Waals surface area contributed by atoms with Crippen molar-refractivity contribution in [1.29, 1.82) is 0 Å². The molecule has 0 saturated carbocycles. The number of hydrogen-bond acceptors (Lipinski definition) is 4. The minimum Gasteiger partial charge on any atom is -0.346 e. The number of rotatable bonds is 1. The average molecular weight is 215 g/mol. The summed E-state index contributed by atoms with van der Waals surface area (Å²) in [4.78, 5) is 10.4. The van der Waals surface area contributed by atoms with Gasteiger partial charge in [0, 0.05) is 0 Å². The first-order chi connectivity index (χ1) is 6.39. The first-order valence-corrected chi connectivity index (χ1v) is 3.68. The lowest BCUT2D eigenvalue weighted by Gasteiger charge is -2.26. The molecule has 0 aromatic carbocycles. The zero-order valence-corrected chi connectivity index (χ0v) is 6.87. The SMILES string of the molecule is O=C(NC1COC(O)OC1)C(F)(F)F. The zero-order chi connectivity index (χ0) is 10.8. The third-order valence-corrected chi connectivity index (χ3v) is 1.47. The highest BCUT2D eigenvalue weighted by Gasteiger charge is 2.40.